The lowest BCUT2D eigenvalue weighted by atomic mass is 10.1. The summed E-state index contributed by atoms with van der Waals surface area (Å²) in [5.41, 5.74) is 2.33. The van der Waals surface area contributed by atoms with Crippen molar-refractivity contribution < 1.29 is 9.66 Å². The minimum Gasteiger partial charge on any atom is -0.383 e. The van der Waals surface area contributed by atoms with Crippen LogP contribution in [0, 0.1) is 10.1 Å². The predicted octanol–water partition coefficient (Wildman–Crippen LogP) is 1.92. The first kappa shape index (κ1) is 17.1. The van der Waals surface area contributed by atoms with Crippen LogP contribution in [0.15, 0.2) is 12.1 Å². The molecule has 0 fully saturated rings. The summed E-state index contributed by atoms with van der Waals surface area (Å²) in [6.07, 6.45) is 1.83. The maximum atomic E-state index is 11.0. The molecule has 0 aliphatic rings. The molecular formula is C13H23N5O3. The molecule has 0 amide bonds. The first-order chi connectivity index (χ1) is 10.1. The Bertz CT molecular complexity index is 465. The fraction of sp³-hybridized carbons (Fsp3) is 0.615. The predicted molar refractivity (Wildman–Crippen MR) is 82.3 cm³/mol. The number of hydrazine groups is 1. The van der Waals surface area contributed by atoms with E-state index in [2.05, 4.69) is 24.3 Å². The first-order valence-corrected chi connectivity index (χ1v) is 6.96. The zero-order valence-electron chi connectivity index (χ0n) is 12.7. The highest BCUT2D eigenvalue weighted by Crippen LogP contribution is 2.25. The van der Waals surface area contributed by atoms with E-state index < -0.39 is 4.92 Å². The number of nitrogens with one attached hydrogen (secondary N) is 1. The van der Waals surface area contributed by atoms with Gasteiger partial charge in [0.05, 0.1) is 23.7 Å². The van der Waals surface area contributed by atoms with E-state index in [0.717, 1.165) is 12.8 Å². The van der Waals surface area contributed by atoms with E-state index in [1.54, 1.807) is 7.11 Å². The van der Waals surface area contributed by atoms with Crippen LogP contribution in [0.4, 0.5) is 17.3 Å². The van der Waals surface area contributed by atoms with Crippen LogP contribution in [0.5, 0.6) is 0 Å². The topological polar surface area (TPSA) is 107 Å². The van der Waals surface area contributed by atoms with Gasteiger partial charge in [-0.15, -0.1) is 0 Å². The summed E-state index contributed by atoms with van der Waals surface area (Å²) >= 11 is 0. The molecule has 0 bridgehead atoms. The Morgan fingerprint density at radius 3 is 2.62 bits per heavy atom. The van der Waals surface area contributed by atoms with E-state index in [4.69, 9.17) is 10.6 Å². The molecule has 0 aromatic carbocycles. The van der Waals surface area contributed by atoms with Gasteiger partial charge in [0, 0.05) is 19.7 Å². The van der Waals surface area contributed by atoms with Crippen LogP contribution in [0.3, 0.4) is 0 Å². The van der Waals surface area contributed by atoms with Crippen LogP contribution in [-0.4, -0.2) is 36.2 Å². The van der Waals surface area contributed by atoms with Crippen molar-refractivity contribution in [1.82, 2.24) is 4.98 Å². The highest BCUT2D eigenvalue weighted by molar-refractivity contribution is 5.56. The van der Waals surface area contributed by atoms with Crippen molar-refractivity contribution in [3.05, 3.63) is 22.2 Å². The monoisotopic (exact) mass is 297 g/mol. The average Bonchev–Trinajstić information content (AvgIpc) is 2.50. The lowest BCUT2D eigenvalue weighted by molar-refractivity contribution is -0.384. The van der Waals surface area contributed by atoms with Crippen molar-refractivity contribution in [1.29, 1.82) is 0 Å². The number of ether oxygens (including phenoxy) is 1. The zero-order chi connectivity index (χ0) is 15.8. The Balaban J connectivity index is 3.21. The van der Waals surface area contributed by atoms with Crippen LogP contribution in [0.2, 0.25) is 0 Å². The third-order valence-electron chi connectivity index (χ3n) is 3.37. The number of nitrogens with two attached hydrogens (primary N) is 1. The molecule has 1 aromatic rings. The second-order valence-corrected chi connectivity index (χ2v) is 4.63. The fourth-order valence-electron chi connectivity index (χ4n) is 2.23. The van der Waals surface area contributed by atoms with Gasteiger partial charge in [-0.05, 0) is 12.8 Å². The molecule has 0 saturated carbocycles. The largest absolute Gasteiger partial charge is 0.383 e. The molecule has 0 aliphatic heterocycles. The van der Waals surface area contributed by atoms with E-state index in [0.29, 0.717) is 19.0 Å². The summed E-state index contributed by atoms with van der Waals surface area (Å²) in [5.74, 6) is 6.15. The van der Waals surface area contributed by atoms with Crippen LogP contribution < -0.4 is 16.2 Å². The zero-order valence-corrected chi connectivity index (χ0v) is 12.7. The Morgan fingerprint density at radius 1 is 1.48 bits per heavy atom. The van der Waals surface area contributed by atoms with Crippen LogP contribution in [0.1, 0.15) is 26.7 Å². The average molecular weight is 297 g/mol. The van der Waals surface area contributed by atoms with Crippen molar-refractivity contribution in [2.24, 2.45) is 5.84 Å². The van der Waals surface area contributed by atoms with Crippen molar-refractivity contribution >= 4 is 17.3 Å². The molecule has 0 spiro atoms. The normalized spacial score (nSPS) is 10.7. The number of aromatic nitrogens is 1. The van der Waals surface area contributed by atoms with Crippen molar-refractivity contribution in [3.8, 4) is 0 Å². The Morgan fingerprint density at radius 2 is 2.14 bits per heavy atom. The van der Waals surface area contributed by atoms with Crippen molar-refractivity contribution in [3.63, 3.8) is 0 Å². The fourth-order valence-corrected chi connectivity index (χ4v) is 2.23. The minimum absolute atomic E-state index is 0.0404. The van der Waals surface area contributed by atoms with Crippen LogP contribution in [0.25, 0.3) is 0 Å². The molecule has 21 heavy (non-hydrogen) atoms. The Hall–Kier alpha value is -1.93. The van der Waals surface area contributed by atoms with E-state index in [1.807, 2.05) is 4.90 Å². The van der Waals surface area contributed by atoms with E-state index in [-0.39, 0.29) is 17.5 Å². The van der Waals surface area contributed by atoms with E-state index >= 15 is 0 Å². The Kier molecular flexibility index (Phi) is 6.83. The molecule has 1 aromatic heterocycles. The van der Waals surface area contributed by atoms with Gasteiger partial charge in [-0.3, -0.25) is 10.1 Å². The molecule has 0 unspecified atom stereocenters. The second-order valence-electron chi connectivity index (χ2n) is 4.63. The molecule has 0 radical (unpaired) electrons. The number of nitro groups is 1. The summed E-state index contributed by atoms with van der Waals surface area (Å²) in [6.45, 7) is 5.29. The van der Waals surface area contributed by atoms with E-state index in [1.165, 1.54) is 12.1 Å². The van der Waals surface area contributed by atoms with Crippen molar-refractivity contribution in [2.45, 2.75) is 32.7 Å². The van der Waals surface area contributed by atoms with Crippen LogP contribution in [-0.2, 0) is 4.74 Å². The molecule has 8 nitrogen and oxygen atoms in total. The molecular weight excluding hydrogens is 274 g/mol. The number of hydrogen-bond donors (Lipinski definition) is 2. The summed E-state index contributed by atoms with van der Waals surface area (Å²) in [4.78, 5) is 16.9. The second kappa shape index (κ2) is 8.38. The molecule has 0 saturated heterocycles. The number of anilines is 2. The summed E-state index contributed by atoms with van der Waals surface area (Å²) in [5, 5.41) is 11.0. The van der Waals surface area contributed by atoms with Crippen LogP contribution >= 0.6 is 0 Å². The highest BCUT2D eigenvalue weighted by atomic mass is 16.6. The SMILES string of the molecule is CCC(CC)N(CCOC)c1cc([N+](=O)[O-])cc(NN)n1. The van der Waals surface area contributed by atoms with Crippen molar-refractivity contribution in [2.75, 3.05) is 30.6 Å². The third-order valence-corrected chi connectivity index (χ3v) is 3.37. The number of nitrogens with zero attached hydrogens (tertiary/aromatic N) is 3. The number of pyridine rings is 1. The Labute approximate surface area is 124 Å². The van der Waals surface area contributed by atoms with Gasteiger partial charge in [-0.1, -0.05) is 13.8 Å². The molecule has 0 atom stereocenters. The first-order valence-electron chi connectivity index (χ1n) is 6.96. The summed E-state index contributed by atoms with van der Waals surface area (Å²) in [7, 11) is 1.62. The van der Waals surface area contributed by atoms with Gasteiger partial charge in [-0.2, -0.15) is 0 Å². The molecule has 118 valence electrons. The quantitative estimate of drug-likeness (QED) is 0.407. The highest BCUT2D eigenvalue weighted by Gasteiger charge is 2.20. The number of methoxy groups -OCH3 is 1. The van der Waals surface area contributed by atoms with Gasteiger partial charge < -0.3 is 15.1 Å². The maximum absolute atomic E-state index is 11.0. The van der Waals surface area contributed by atoms with Gasteiger partial charge >= 0.3 is 0 Å². The molecule has 1 rings (SSSR count). The molecule has 8 heteroatoms. The molecule has 3 N–H and O–H groups in total. The van der Waals surface area contributed by atoms with Gasteiger partial charge in [0.15, 0.2) is 0 Å². The van der Waals surface area contributed by atoms with Gasteiger partial charge in [0.1, 0.15) is 11.6 Å². The lowest BCUT2D eigenvalue weighted by Crippen LogP contribution is -2.37. The lowest BCUT2D eigenvalue weighted by Gasteiger charge is -2.31. The van der Waals surface area contributed by atoms with Gasteiger partial charge in [-0.25, -0.2) is 10.8 Å². The number of rotatable bonds is 9. The summed E-state index contributed by atoms with van der Waals surface area (Å²) < 4.78 is 5.12. The van der Waals surface area contributed by atoms with Gasteiger partial charge in [0.25, 0.3) is 5.69 Å². The maximum Gasteiger partial charge on any atom is 0.276 e. The number of nitrogen functional groups attached to an aromatic ring is 1. The standard InChI is InChI=1S/C13H23N5O3/c1-4-10(5-2)17(6-7-21-3)13-9-11(18(19)20)8-12(15-13)16-14/h8-10H,4-7,14H2,1-3H3,(H,15,16). The molecule has 0 aliphatic carbocycles. The summed E-state index contributed by atoms with van der Waals surface area (Å²) in [6, 6.07) is 3.01. The van der Waals surface area contributed by atoms with Gasteiger partial charge in [0.2, 0.25) is 0 Å². The minimum atomic E-state index is -0.451. The smallest absolute Gasteiger partial charge is 0.276 e. The molecule has 1 heterocycles. The number of hydrogen-bond acceptors (Lipinski definition) is 7. The van der Waals surface area contributed by atoms with E-state index in [9.17, 15) is 10.1 Å². The third kappa shape index (κ3) is 4.54.